The lowest BCUT2D eigenvalue weighted by Gasteiger charge is -2.39. The van der Waals surface area contributed by atoms with Gasteiger partial charge in [0, 0.05) is 31.6 Å². The summed E-state index contributed by atoms with van der Waals surface area (Å²) in [6, 6.07) is 0.750. The molecule has 21 heavy (non-hydrogen) atoms. The molecule has 2 unspecified atom stereocenters. The molecule has 1 N–H and O–H groups in total. The minimum atomic E-state index is -0.195. The lowest BCUT2D eigenvalue weighted by Crippen LogP contribution is -2.55. The monoisotopic (exact) mass is 296 g/mol. The summed E-state index contributed by atoms with van der Waals surface area (Å²) in [6.07, 6.45) is 7.57. The summed E-state index contributed by atoms with van der Waals surface area (Å²) in [7, 11) is 1.42. The number of esters is 1. The van der Waals surface area contributed by atoms with Gasteiger partial charge in [0.05, 0.1) is 13.0 Å². The van der Waals surface area contributed by atoms with Crippen molar-refractivity contribution >= 4 is 11.9 Å². The molecule has 0 spiro atoms. The smallest absolute Gasteiger partial charge is 0.310 e. The molecule has 2 fully saturated rings. The van der Waals surface area contributed by atoms with E-state index < -0.39 is 0 Å². The summed E-state index contributed by atoms with van der Waals surface area (Å²) in [5.74, 6) is -0.265. The molecular formula is C16H28N2O3. The number of likely N-dealkylation sites (tertiary alicyclic amines) is 1. The second kappa shape index (κ2) is 7.78. The van der Waals surface area contributed by atoms with Crippen LogP contribution >= 0.6 is 0 Å². The molecule has 0 bridgehead atoms. The molecule has 1 saturated heterocycles. The van der Waals surface area contributed by atoms with Gasteiger partial charge in [-0.15, -0.1) is 0 Å². The Hall–Kier alpha value is -1.10. The number of methoxy groups -OCH3 is 1. The lowest BCUT2D eigenvalue weighted by molar-refractivity contribution is -0.149. The predicted molar refractivity (Wildman–Crippen MR) is 80.8 cm³/mol. The first-order valence-corrected chi connectivity index (χ1v) is 8.25. The Morgan fingerprint density at radius 2 is 1.86 bits per heavy atom. The molecule has 0 aromatic carbocycles. The summed E-state index contributed by atoms with van der Waals surface area (Å²) >= 11 is 0. The van der Waals surface area contributed by atoms with Crippen LogP contribution < -0.4 is 5.32 Å². The Kier molecular flexibility index (Phi) is 6.03. The van der Waals surface area contributed by atoms with Gasteiger partial charge in [-0.3, -0.25) is 9.59 Å². The number of ether oxygens (including phenoxy) is 1. The third-order valence-corrected chi connectivity index (χ3v) is 4.72. The highest BCUT2D eigenvalue weighted by molar-refractivity contribution is 5.78. The second-order valence-corrected chi connectivity index (χ2v) is 6.31. The van der Waals surface area contributed by atoms with Crippen molar-refractivity contribution in [2.24, 2.45) is 5.92 Å². The second-order valence-electron chi connectivity index (χ2n) is 6.31. The number of nitrogens with zero attached hydrogens (tertiary/aromatic N) is 1. The third-order valence-electron chi connectivity index (χ3n) is 4.72. The van der Waals surface area contributed by atoms with Crippen molar-refractivity contribution < 1.29 is 14.3 Å². The van der Waals surface area contributed by atoms with E-state index in [4.69, 9.17) is 4.74 Å². The Balaban J connectivity index is 1.97. The normalized spacial score (nSPS) is 27.4. The zero-order valence-corrected chi connectivity index (χ0v) is 13.3. The van der Waals surface area contributed by atoms with Gasteiger partial charge in [0.1, 0.15) is 0 Å². The number of hydrogen-bond acceptors (Lipinski definition) is 4. The summed E-state index contributed by atoms with van der Waals surface area (Å²) in [4.78, 5) is 25.7. The highest BCUT2D eigenvalue weighted by Crippen LogP contribution is 2.23. The number of piperidine rings is 1. The van der Waals surface area contributed by atoms with E-state index in [-0.39, 0.29) is 23.8 Å². The SMILES string of the molecule is CCC(=O)N1CC(NC2CCCCC2)CC(C(=O)OC)C1. The zero-order chi connectivity index (χ0) is 15.2. The van der Waals surface area contributed by atoms with E-state index in [0.717, 1.165) is 13.0 Å². The van der Waals surface area contributed by atoms with Crippen molar-refractivity contribution in [3.8, 4) is 0 Å². The van der Waals surface area contributed by atoms with Crippen molar-refractivity contribution in [1.82, 2.24) is 10.2 Å². The van der Waals surface area contributed by atoms with Crippen molar-refractivity contribution in [3.63, 3.8) is 0 Å². The first-order valence-electron chi connectivity index (χ1n) is 8.25. The van der Waals surface area contributed by atoms with E-state index in [1.807, 2.05) is 11.8 Å². The fraction of sp³-hybridized carbons (Fsp3) is 0.875. The minimum absolute atomic E-state index is 0.124. The van der Waals surface area contributed by atoms with Crippen LogP contribution in [0.5, 0.6) is 0 Å². The van der Waals surface area contributed by atoms with Crippen LogP contribution in [-0.4, -0.2) is 49.1 Å². The van der Waals surface area contributed by atoms with Crippen LogP contribution in [0.25, 0.3) is 0 Å². The van der Waals surface area contributed by atoms with E-state index in [9.17, 15) is 9.59 Å². The largest absolute Gasteiger partial charge is 0.469 e. The van der Waals surface area contributed by atoms with Crippen LogP contribution in [0.3, 0.4) is 0 Å². The topological polar surface area (TPSA) is 58.6 Å². The van der Waals surface area contributed by atoms with Gasteiger partial charge < -0.3 is 15.0 Å². The number of rotatable bonds is 4. The van der Waals surface area contributed by atoms with E-state index >= 15 is 0 Å². The average Bonchev–Trinajstić information content (AvgIpc) is 2.53. The molecule has 2 atom stereocenters. The molecule has 1 amide bonds. The van der Waals surface area contributed by atoms with Crippen LogP contribution in [0.4, 0.5) is 0 Å². The molecule has 5 nitrogen and oxygen atoms in total. The van der Waals surface area contributed by atoms with Gasteiger partial charge >= 0.3 is 5.97 Å². The van der Waals surface area contributed by atoms with Crippen molar-refractivity contribution in [2.45, 2.75) is 64.0 Å². The Morgan fingerprint density at radius 3 is 2.48 bits per heavy atom. The summed E-state index contributed by atoms with van der Waals surface area (Å²) in [5, 5.41) is 3.67. The van der Waals surface area contributed by atoms with Crippen molar-refractivity contribution in [2.75, 3.05) is 20.2 Å². The number of amides is 1. The fourth-order valence-corrected chi connectivity index (χ4v) is 3.59. The van der Waals surface area contributed by atoms with Gasteiger partial charge in [-0.1, -0.05) is 26.2 Å². The van der Waals surface area contributed by atoms with Gasteiger partial charge in [-0.25, -0.2) is 0 Å². The maximum Gasteiger partial charge on any atom is 0.310 e. The standard InChI is InChI=1S/C16H28N2O3/c1-3-15(19)18-10-12(16(20)21-2)9-14(11-18)17-13-7-5-4-6-8-13/h12-14,17H,3-11H2,1-2H3. The lowest BCUT2D eigenvalue weighted by atomic mass is 9.90. The molecule has 1 aliphatic heterocycles. The fourth-order valence-electron chi connectivity index (χ4n) is 3.59. The van der Waals surface area contributed by atoms with Crippen LogP contribution in [0.2, 0.25) is 0 Å². The molecule has 2 rings (SSSR count). The van der Waals surface area contributed by atoms with E-state index in [2.05, 4.69) is 5.32 Å². The molecule has 0 aromatic heterocycles. The zero-order valence-electron chi connectivity index (χ0n) is 13.3. The first-order chi connectivity index (χ1) is 10.1. The van der Waals surface area contributed by atoms with E-state index in [0.29, 0.717) is 19.0 Å². The molecule has 1 aliphatic carbocycles. The number of carbonyl (C=O) groups is 2. The molecule has 0 radical (unpaired) electrons. The van der Waals surface area contributed by atoms with Crippen molar-refractivity contribution in [3.05, 3.63) is 0 Å². The van der Waals surface area contributed by atoms with Gasteiger partial charge in [0.25, 0.3) is 0 Å². The van der Waals surface area contributed by atoms with Gasteiger partial charge in [0.15, 0.2) is 0 Å². The summed E-state index contributed by atoms with van der Waals surface area (Å²) < 4.78 is 4.89. The summed E-state index contributed by atoms with van der Waals surface area (Å²) in [5.41, 5.74) is 0. The van der Waals surface area contributed by atoms with Crippen molar-refractivity contribution in [1.29, 1.82) is 0 Å². The van der Waals surface area contributed by atoms with Gasteiger partial charge in [-0.05, 0) is 19.3 Å². The first kappa shape index (κ1) is 16.3. The quantitative estimate of drug-likeness (QED) is 0.802. The maximum absolute atomic E-state index is 12.0. The number of nitrogens with one attached hydrogen (secondary N) is 1. The van der Waals surface area contributed by atoms with Crippen LogP contribution in [0.15, 0.2) is 0 Å². The number of carbonyl (C=O) groups excluding carboxylic acids is 2. The van der Waals surface area contributed by atoms with E-state index in [1.165, 1.54) is 39.2 Å². The summed E-state index contributed by atoms with van der Waals surface area (Å²) in [6.45, 7) is 3.09. The molecular weight excluding hydrogens is 268 g/mol. The van der Waals surface area contributed by atoms with Crippen LogP contribution in [-0.2, 0) is 14.3 Å². The van der Waals surface area contributed by atoms with Crippen LogP contribution in [0.1, 0.15) is 51.9 Å². The highest BCUT2D eigenvalue weighted by atomic mass is 16.5. The van der Waals surface area contributed by atoms with Gasteiger partial charge in [0.2, 0.25) is 5.91 Å². The molecule has 5 heteroatoms. The molecule has 1 saturated carbocycles. The molecule has 2 aliphatic rings. The van der Waals surface area contributed by atoms with Crippen LogP contribution in [0, 0.1) is 5.92 Å². The Bertz CT molecular complexity index is 343. The van der Waals surface area contributed by atoms with E-state index in [1.54, 1.807) is 0 Å². The Labute approximate surface area is 127 Å². The Morgan fingerprint density at radius 1 is 1.14 bits per heavy atom. The predicted octanol–water partition coefficient (Wildman–Crippen LogP) is 1.71. The third kappa shape index (κ3) is 4.43. The molecule has 0 aromatic rings. The maximum atomic E-state index is 12.0. The number of hydrogen-bond donors (Lipinski definition) is 1. The highest BCUT2D eigenvalue weighted by Gasteiger charge is 2.34. The minimum Gasteiger partial charge on any atom is -0.469 e. The average molecular weight is 296 g/mol. The molecule has 1 heterocycles. The van der Waals surface area contributed by atoms with Gasteiger partial charge in [-0.2, -0.15) is 0 Å². The molecule has 120 valence electrons.